The molecule has 0 aliphatic carbocycles. The smallest absolute Gasteiger partial charge is 0.339 e. The predicted molar refractivity (Wildman–Crippen MR) is 90.5 cm³/mol. The molecule has 23 heavy (non-hydrogen) atoms. The van der Waals surface area contributed by atoms with Gasteiger partial charge >= 0.3 is 5.97 Å². The van der Waals surface area contributed by atoms with Gasteiger partial charge in [-0.15, -0.1) is 0 Å². The largest absolute Gasteiger partial charge is 0.441 e. The Balaban J connectivity index is 2.22. The van der Waals surface area contributed by atoms with Gasteiger partial charge in [-0.1, -0.05) is 63.2 Å². The average molecular weight is 370 g/mol. The lowest BCUT2D eigenvalue weighted by molar-refractivity contribution is 0.0407. The van der Waals surface area contributed by atoms with Crippen LogP contribution in [0, 0.1) is 11.8 Å². The second-order valence-corrected chi connectivity index (χ2v) is 5.33. The normalized spacial score (nSPS) is 10.7. The van der Waals surface area contributed by atoms with Gasteiger partial charge < -0.3 is 4.74 Å². The van der Waals surface area contributed by atoms with Crippen molar-refractivity contribution in [2.75, 3.05) is 6.54 Å². The van der Waals surface area contributed by atoms with Crippen LogP contribution in [-0.4, -0.2) is 12.5 Å². The molecular weight excluding hydrogens is 358 g/mol. The summed E-state index contributed by atoms with van der Waals surface area (Å²) in [5.41, 5.74) is 9.47. The molecule has 0 aromatic heterocycles. The lowest BCUT2D eigenvalue weighted by atomic mass is 10.1. The van der Waals surface area contributed by atoms with Crippen molar-refractivity contribution in [1.29, 1.82) is 0 Å². The van der Waals surface area contributed by atoms with Gasteiger partial charge in [0.1, 0.15) is 0 Å². The van der Waals surface area contributed by atoms with E-state index in [2.05, 4.69) is 37.8 Å². The van der Waals surface area contributed by atoms with Crippen molar-refractivity contribution in [3.63, 3.8) is 0 Å². The fourth-order valence-electron chi connectivity index (χ4n) is 1.77. The van der Waals surface area contributed by atoms with E-state index in [1.165, 1.54) is 0 Å². The first-order valence-corrected chi connectivity index (χ1v) is 7.51. The molecule has 0 bridgehead atoms. The Kier molecular flexibility index (Phi) is 6.25. The summed E-state index contributed by atoms with van der Waals surface area (Å²) in [7, 11) is 0. The van der Waals surface area contributed by atoms with E-state index in [4.69, 9.17) is 10.3 Å². The number of nitrogens with zero attached hydrogens (tertiary/aromatic N) is 3. The minimum absolute atomic E-state index is 0.0203. The van der Waals surface area contributed by atoms with Crippen molar-refractivity contribution in [1.82, 2.24) is 0 Å². The SMILES string of the molecule is [N-]=[N+]=NCC#CC(OC(=O)c1ccccc1)c1ccc(Br)cc1. The zero-order valence-corrected chi connectivity index (χ0v) is 13.6. The first kappa shape index (κ1) is 16.6. The molecule has 0 heterocycles. The number of benzene rings is 2. The molecule has 0 radical (unpaired) electrons. The maximum atomic E-state index is 12.2. The summed E-state index contributed by atoms with van der Waals surface area (Å²) >= 11 is 3.36. The third-order valence-electron chi connectivity index (χ3n) is 2.85. The Morgan fingerprint density at radius 3 is 2.57 bits per heavy atom. The van der Waals surface area contributed by atoms with Crippen LogP contribution in [0.5, 0.6) is 0 Å². The van der Waals surface area contributed by atoms with E-state index in [1.54, 1.807) is 24.3 Å². The van der Waals surface area contributed by atoms with E-state index in [9.17, 15) is 4.79 Å². The van der Waals surface area contributed by atoms with Gasteiger partial charge in [-0.3, -0.25) is 0 Å². The van der Waals surface area contributed by atoms with Crippen molar-refractivity contribution in [2.24, 2.45) is 5.11 Å². The van der Waals surface area contributed by atoms with Gasteiger partial charge in [0.25, 0.3) is 0 Å². The van der Waals surface area contributed by atoms with Gasteiger partial charge in [-0.25, -0.2) is 4.79 Å². The van der Waals surface area contributed by atoms with Crippen LogP contribution in [0.15, 0.2) is 64.2 Å². The quantitative estimate of drug-likeness (QED) is 0.258. The van der Waals surface area contributed by atoms with E-state index >= 15 is 0 Å². The number of hydrogen-bond acceptors (Lipinski definition) is 3. The van der Waals surface area contributed by atoms with Crippen LogP contribution in [0.1, 0.15) is 22.0 Å². The van der Waals surface area contributed by atoms with Crippen molar-refractivity contribution in [2.45, 2.75) is 6.10 Å². The van der Waals surface area contributed by atoms with E-state index < -0.39 is 12.1 Å². The van der Waals surface area contributed by atoms with E-state index in [1.807, 2.05) is 30.3 Å². The number of hydrogen-bond donors (Lipinski definition) is 0. The predicted octanol–water partition coefficient (Wildman–Crippen LogP) is 4.66. The molecule has 6 heteroatoms. The Morgan fingerprint density at radius 1 is 1.22 bits per heavy atom. The Hall–Kier alpha value is -2.74. The number of esters is 1. The molecule has 2 rings (SSSR count). The van der Waals surface area contributed by atoms with Gasteiger partial charge in [0.15, 0.2) is 6.10 Å². The number of carbonyl (C=O) groups excluding carboxylic acids is 1. The third-order valence-corrected chi connectivity index (χ3v) is 3.38. The highest BCUT2D eigenvalue weighted by Crippen LogP contribution is 2.21. The molecule has 0 spiro atoms. The molecule has 5 nitrogen and oxygen atoms in total. The molecule has 0 saturated heterocycles. The number of azide groups is 1. The molecule has 1 unspecified atom stereocenters. The maximum Gasteiger partial charge on any atom is 0.339 e. The summed E-state index contributed by atoms with van der Waals surface area (Å²) in [5.74, 6) is 5.05. The van der Waals surface area contributed by atoms with Crippen molar-refractivity contribution < 1.29 is 9.53 Å². The van der Waals surface area contributed by atoms with Gasteiger partial charge in [0.2, 0.25) is 0 Å². The van der Waals surface area contributed by atoms with Crippen molar-refractivity contribution in [3.05, 3.63) is 80.6 Å². The topological polar surface area (TPSA) is 75.1 Å². The molecular formula is C17H12BrN3O2. The van der Waals surface area contributed by atoms with Gasteiger partial charge in [0, 0.05) is 14.9 Å². The van der Waals surface area contributed by atoms with Crippen LogP contribution >= 0.6 is 15.9 Å². The average Bonchev–Trinajstić information content (AvgIpc) is 2.59. The van der Waals surface area contributed by atoms with Gasteiger partial charge in [-0.05, 0) is 29.8 Å². The summed E-state index contributed by atoms with van der Waals surface area (Å²) in [4.78, 5) is 14.8. The van der Waals surface area contributed by atoms with Crippen LogP contribution in [-0.2, 0) is 4.74 Å². The number of ether oxygens (including phenoxy) is 1. The van der Waals surface area contributed by atoms with Crippen LogP contribution in [0.3, 0.4) is 0 Å². The Labute approximate surface area is 142 Å². The highest BCUT2D eigenvalue weighted by molar-refractivity contribution is 9.10. The zero-order valence-electron chi connectivity index (χ0n) is 12.0. The Bertz CT molecular complexity index is 773. The monoisotopic (exact) mass is 369 g/mol. The molecule has 114 valence electrons. The summed E-state index contributed by atoms with van der Waals surface area (Å²) in [6, 6.07) is 16.0. The fourth-order valence-corrected chi connectivity index (χ4v) is 2.04. The van der Waals surface area contributed by atoms with Crippen molar-refractivity contribution in [3.8, 4) is 11.8 Å². The first-order valence-electron chi connectivity index (χ1n) is 6.71. The molecule has 0 fully saturated rings. The van der Waals surface area contributed by atoms with Crippen LogP contribution in [0.2, 0.25) is 0 Å². The first-order chi connectivity index (χ1) is 11.2. The third kappa shape index (κ3) is 5.19. The molecule has 0 N–H and O–H groups in total. The number of rotatable bonds is 4. The van der Waals surface area contributed by atoms with E-state index in [0.717, 1.165) is 10.0 Å². The zero-order chi connectivity index (χ0) is 16.5. The fraction of sp³-hybridized carbons (Fsp3) is 0.118. The highest BCUT2D eigenvalue weighted by atomic mass is 79.9. The molecule has 2 aromatic carbocycles. The summed E-state index contributed by atoms with van der Waals surface area (Å²) in [5, 5.41) is 3.35. The molecule has 0 saturated carbocycles. The second-order valence-electron chi connectivity index (χ2n) is 4.41. The van der Waals surface area contributed by atoms with Gasteiger partial charge in [0.05, 0.1) is 12.1 Å². The molecule has 2 aromatic rings. The Morgan fingerprint density at radius 2 is 1.91 bits per heavy atom. The molecule has 0 aliphatic rings. The minimum atomic E-state index is -0.732. The van der Waals surface area contributed by atoms with Crippen LogP contribution in [0.4, 0.5) is 0 Å². The summed E-state index contributed by atoms with van der Waals surface area (Å²) in [6.45, 7) is 0.0203. The van der Waals surface area contributed by atoms with Crippen molar-refractivity contribution >= 4 is 21.9 Å². The molecule has 0 amide bonds. The summed E-state index contributed by atoms with van der Waals surface area (Å²) < 4.78 is 6.39. The van der Waals surface area contributed by atoms with E-state index in [0.29, 0.717) is 5.56 Å². The minimum Gasteiger partial charge on any atom is -0.441 e. The standard InChI is InChI=1S/C17H12BrN3O2/c18-15-10-8-13(9-11-15)16(7-4-12-20-21-19)23-17(22)14-5-2-1-3-6-14/h1-3,5-6,8-11,16H,12H2. The van der Waals surface area contributed by atoms with Crippen LogP contribution in [0.25, 0.3) is 10.4 Å². The van der Waals surface area contributed by atoms with E-state index in [-0.39, 0.29) is 6.54 Å². The lowest BCUT2D eigenvalue weighted by Gasteiger charge is -2.13. The molecule has 1 atom stereocenters. The lowest BCUT2D eigenvalue weighted by Crippen LogP contribution is -2.10. The summed E-state index contributed by atoms with van der Waals surface area (Å²) in [6.07, 6.45) is -0.732. The number of halogens is 1. The highest BCUT2D eigenvalue weighted by Gasteiger charge is 2.15. The second kappa shape index (κ2) is 8.64. The molecule has 0 aliphatic heterocycles. The van der Waals surface area contributed by atoms with Crippen LogP contribution < -0.4 is 0 Å². The number of carbonyl (C=O) groups is 1. The maximum absolute atomic E-state index is 12.2. The van der Waals surface area contributed by atoms with Gasteiger partial charge in [-0.2, -0.15) is 0 Å².